The summed E-state index contributed by atoms with van der Waals surface area (Å²) in [6.45, 7) is 6.53. The van der Waals surface area contributed by atoms with Crippen molar-refractivity contribution in [1.82, 2.24) is 25.1 Å². The second kappa shape index (κ2) is 8.87. The van der Waals surface area contributed by atoms with E-state index in [4.69, 9.17) is 4.74 Å². The Morgan fingerprint density at radius 1 is 1.14 bits per heavy atom. The molecule has 1 aliphatic rings. The highest BCUT2D eigenvalue weighted by molar-refractivity contribution is 7.08. The number of amides is 3. The van der Waals surface area contributed by atoms with Crippen LogP contribution in [0, 0.1) is 0 Å². The highest BCUT2D eigenvalue weighted by atomic mass is 32.1. The zero-order valence-corrected chi connectivity index (χ0v) is 18.1. The number of nitrogens with one attached hydrogen (secondary N) is 1. The maximum atomic E-state index is 12.9. The Morgan fingerprint density at radius 2 is 1.79 bits per heavy atom. The lowest BCUT2D eigenvalue weighted by molar-refractivity contribution is 0.00448. The first kappa shape index (κ1) is 21.2. The Bertz CT molecular complexity index is 848. The van der Waals surface area contributed by atoms with Gasteiger partial charge in [-0.3, -0.25) is 9.59 Å². The standard InChI is InChI=1S/C18H23N5O4S2/c1-18(2,3)27-17(26)22-4-5-23(16(25)14-9-29-11-21-14)12(7-22)6-19-15(24)13-8-28-10-20-13/h8-12H,4-7H2,1-3H3,(H,19,24)/t12-/m1/s1. The van der Waals surface area contributed by atoms with Gasteiger partial charge in [0.15, 0.2) is 0 Å². The van der Waals surface area contributed by atoms with E-state index in [1.807, 2.05) is 0 Å². The molecule has 29 heavy (non-hydrogen) atoms. The molecule has 3 heterocycles. The first-order chi connectivity index (χ1) is 13.7. The molecule has 1 saturated heterocycles. The second-order valence-electron chi connectivity index (χ2n) is 7.54. The molecule has 2 aromatic heterocycles. The van der Waals surface area contributed by atoms with Crippen LogP contribution in [-0.4, -0.2) is 75.5 Å². The van der Waals surface area contributed by atoms with Crippen molar-refractivity contribution in [1.29, 1.82) is 0 Å². The summed E-state index contributed by atoms with van der Waals surface area (Å²) >= 11 is 2.67. The van der Waals surface area contributed by atoms with Crippen molar-refractivity contribution in [3.63, 3.8) is 0 Å². The lowest BCUT2D eigenvalue weighted by Crippen LogP contribution is -2.60. The zero-order chi connectivity index (χ0) is 21.0. The fraction of sp³-hybridized carbons (Fsp3) is 0.500. The fourth-order valence-corrected chi connectivity index (χ4v) is 3.94. The number of nitrogens with zero attached hydrogens (tertiary/aromatic N) is 4. The number of aromatic nitrogens is 2. The average Bonchev–Trinajstić information content (AvgIpc) is 3.37. The average molecular weight is 438 g/mol. The van der Waals surface area contributed by atoms with Crippen molar-refractivity contribution in [2.75, 3.05) is 26.2 Å². The summed E-state index contributed by atoms with van der Waals surface area (Å²) in [6.07, 6.45) is -0.436. The SMILES string of the molecule is CC(C)(C)OC(=O)N1CCN(C(=O)c2cscn2)[C@H](CNC(=O)c2cscn2)C1. The van der Waals surface area contributed by atoms with Gasteiger partial charge in [0.05, 0.1) is 17.1 Å². The molecule has 0 saturated carbocycles. The summed E-state index contributed by atoms with van der Waals surface area (Å²) in [5.74, 6) is -0.537. The summed E-state index contributed by atoms with van der Waals surface area (Å²) in [7, 11) is 0. The molecule has 2 aromatic rings. The molecule has 1 fully saturated rings. The van der Waals surface area contributed by atoms with Gasteiger partial charge < -0.3 is 19.9 Å². The van der Waals surface area contributed by atoms with Gasteiger partial charge in [0.1, 0.15) is 17.0 Å². The van der Waals surface area contributed by atoms with Crippen molar-refractivity contribution < 1.29 is 19.1 Å². The van der Waals surface area contributed by atoms with Crippen LogP contribution in [0.5, 0.6) is 0 Å². The highest BCUT2D eigenvalue weighted by Gasteiger charge is 2.35. The minimum atomic E-state index is -0.612. The maximum absolute atomic E-state index is 12.9. The Balaban J connectivity index is 1.71. The Kier molecular flexibility index (Phi) is 6.48. The number of carbonyl (C=O) groups excluding carboxylic acids is 3. The van der Waals surface area contributed by atoms with Crippen LogP contribution < -0.4 is 5.32 Å². The van der Waals surface area contributed by atoms with Crippen molar-refractivity contribution >= 4 is 40.6 Å². The van der Waals surface area contributed by atoms with Crippen LogP contribution in [0.15, 0.2) is 21.8 Å². The summed E-state index contributed by atoms with van der Waals surface area (Å²) in [6, 6.07) is -0.409. The van der Waals surface area contributed by atoms with Crippen LogP contribution in [0.1, 0.15) is 41.7 Å². The number of rotatable bonds is 4. The van der Waals surface area contributed by atoms with Crippen molar-refractivity contribution in [2.24, 2.45) is 0 Å². The zero-order valence-electron chi connectivity index (χ0n) is 16.5. The smallest absolute Gasteiger partial charge is 0.410 e. The molecular formula is C18H23N5O4S2. The Hall–Kier alpha value is -2.53. The first-order valence-corrected chi connectivity index (χ1v) is 11.0. The van der Waals surface area contributed by atoms with Gasteiger partial charge in [0, 0.05) is 36.9 Å². The first-order valence-electron chi connectivity index (χ1n) is 9.08. The lowest BCUT2D eigenvalue weighted by Gasteiger charge is -2.41. The number of carbonyl (C=O) groups is 3. The van der Waals surface area contributed by atoms with Crippen LogP contribution in [-0.2, 0) is 4.74 Å². The van der Waals surface area contributed by atoms with E-state index >= 15 is 0 Å². The minimum Gasteiger partial charge on any atom is -0.444 e. The van der Waals surface area contributed by atoms with Crippen molar-refractivity contribution in [3.05, 3.63) is 33.2 Å². The maximum Gasteiger partial charge on any atom is 0.410 e. The number of thiazole rings is 2. The largest absolute Gasteiger partial charge is 0.444 e. The Labute approximate surface area is 176 Å². The fourth-order valence-electron chi connectivity index (χ4n) is 2.88. The number of hydrogen-bond donors (Lipinski definition) is 1. The van der Waals surface area contributed by atoms with Crippen LogP contribution in [0.4, 0.5) is 4.79 Å². The summed E-state index contributed by atoms with van der Waals surface area (Å²) < 4.78 is 5.45. The monoisotopic (exact) mass is 437 g/mol. The topological polar surface area (TPSA) is 105 Å². The molecule has 0 unspecified atom stereocenters. The third-order valence-electron chi connectivity index (χ3n) is 4.21. The summed E-state index contributed by atoms with van der Waals surface area (Å²) in [5, 5.41) is 6.15. The minimum absolute atomic E-state index is 0.186. The quantitative estimate of drug-likeness (QED) is 0.785. The van der Waals surface area contributed by atoms with Gasteiger partial charge in [-0.05, 0) is 20.8 Å². The van der Waals surface area contributed by atoms with E-state index in [2.05, 4.69) is 15.3 Å². The molecular weight excluding hydrogens is 414 g/mol. The lowest BCUT2D eigenvalue weighted by atomic mass is 10.1. The number of piperazine rings is 1. The van der Waals surface area contributed by atoms with Crippen LogP contribution in [0.2, 0.25) is 0 Å². The van der Waals surface area contributed by atoms with Crippen LogP contribution >= 0.6 is 22.7 Å². The van der Waals surface area contributed by atoms with E-state index in [0.717, 1.165) is 0 Å². The second-order valence-corrected chi connectivity index (χ2v) is 8.97. The molecule has 1 aliphatic heterocycles. The van der Waals surface area contributed by atoms with E-state index < -0.39 is 17.7 Å². The van der Waals surface area contributed by atoms with E-state index in [-0.39, 0.29) is 24.9 Å². The molecule has 0 bridgehead atoms. The highest BCUT2D eigenvalue weighted by Crippen LogP contribution is 2.17. The van der Waals surface area contributed by atoms with E-state index in [1.54, 1.807) is 52.4 Å². The predicted octanol–water partition coefficient (Wildman–Crippen LogP) is 2.09. The van der Waals surface area contributed by atoms with Gasteiger partial charge in [-0.15, -0.1) is 22.7 Å². The molecule has 0 aromatic carbocycles. The van der Waals surface area contributed by atoms with E-state index in [0.29, 0.717) is 24.5 Å². The summed E-state index contributed by atoms with van der Waals surface area (Å²) in [5.41, 5.74) is 3.25. The van der Waals surface area contributed by atoms with Crippen LogP contribution in [0.3, 0.4) is 0 Å². The molecule has 156 valence electrons. The number of ether oxygens (including phenoxy) is 1. The predicted molar refractivity (Wildman–Crippen MR) is 109 cm³/mol. The number of hydrogen-bond acceptors (Lipinski definition) is 8. The van der Waals surface area contributed by atoms with Gasteiger partial charge in [0.25, 0.3) is 11.8 Å². The van der Waals surface area contributed by atoms with Gasteiger partial charge in [-0.1, -0.05) is 0 Å². The molecule has 0 aliphatic carbocycles. The summed E-state index contributed by atoms with van der Waals surface area (Å²) in [4.78, 5) is 48.9. The van der Waals surface area contributed by atoms with Crippen LogP contribution in [0.25, 0.3) is 0 Å². The van der Waals surface area contributed by atoms with Gasteiger partial charge in [-0.2, -0.15) is 0 Å². The van der Waals surface area contributed by atoms with Gasteiger partial charge in [0.2, 0.25) is 0 Å². The molecule has 1 N–H and O–H groups in total. The molecule has 0 radical (unpaired) electrons. The molecule has 3 rings (SSSR count). The van der Waals surface area contributed by atoms with E-state index in [1.165, 1.54) is 22.7 Å². The van der Waals surface area contributed by atoms with Gasteiger partial charge >= 0.3 is 6.09 Å². The Morgan fingerprint density at radius 3 is 2.38 bits per heavy atom. The third kappa shape index (κ3) is 5.51. The molecule has 9 nitrogen and oxygen atoms in total. The molecule has 11 heteroatoms. The van der Waals surface area contributed by atoms with E-state index in [9.17, 15) is 14.4 Å². The molecule has 1 atom stereocenters. The molecule has 3 amide bonds. The van der Waals surface area contributed by atoms with Gasteiger partial charge in [-0.25, -0.2) is 14.8 Å². The van der Waals surface area contributed by atoms with Crippen molar-refractivity contribution in [2.45, 2.75) is 32.4 Å². The normalized spacial score (nSPS) is 17.1. The molecule has 0 spiro atoms. The third-order valence-corrected chi connectivity index (χ3v) is 5.38. The van der Waals surface area contributed by atoms with Crippen molar-refractivity contribution in [3.8, 4) is 0 Å².